The lowest BCUT2D eigenvalue weighted by Crippen LogP contribution is -2.06. The van der Waals surface area contributed by atoms with Crippen molar-refractivity contribution in [2.24, 2.45) is 0 Å². The van der Waals surface area contributed by atoms with Gasteiger partial charge in [0.2, 0.25) is 0 Å². The zero-order chi connectivity index (χ0) is 13.8. The maximum atomic E-state index is 11.9. The van der Waals surface area contributed by atoms with Gasteiger partial charge in [-0.2, -0.15) is 0 Å². The van der Waals surface area contributed by atoms with Gasteiger partial charge in [0.05, 0.1) is 5.56 Å². The molecule has 2 aromatic rings. The fourth-order valence-corrected chi connectivity index (χ4v) is 2.41. The van der Waals surface area contributed by atoms with E-state index in [0.29, 0.717) is 11.3 Å². The highest BCUT2D eigenvalue weighted by molar-refractivity contribution is 14.1. The molecule has 3 nitrogen and oxygen atoms in total. The van der Waals surface area contributed by atoms with E-state index in [1.54, 1.807) is 18.2 Å². The summed E-state index contributed by atoms with van der Waals surface area (Å²) < 4.78 is 7.15. The molecular formula is C14H11BrINO2. The molecule has 0 aliphatic carbocycles. The lowest BCUT2D eigenvalue weighted by atomic mass is 10.2. The van der Waals surface area contributed by atoms with Crippen LogP contribution in [-0.4, -0.2) is 5.97 Å². The van der Waals surface area contributed by atoms with Crippen LogP contribution in [0.15, 0.2) is 46.9 Å². The number of esters is 1. The Kier molecular flexibility index (Phi) is 4.81. The molecule has 0 radical (unpaired) electrons. The maximum Gasteiger partial charge on any atom is 0.338 e. The standard InChI is InChI=1S/C14H11BrINO2/c15-11-5-10(6-13(17)7-11)14(18)19-8-9-1-3-12(16)4-2-9/h1-7H,8,17H2. The number of nitrogens with two attached hydrogens (primary N) is 1. The molecule has 0 fully saturated rings. The topological polar surface area (TPSA) is 52.3 Å². The average Bonchev–Trinajstić information content (AvgIpc) is 2.36. The SMILES string of the molecule is Nc1cc(Br)cc(C(=O)OCc2ccc(I)cc2)c1. The molecule has 0 aromatic heterocycles. The molecule has 0 heterocycles. The lowest BCUT2D eigenvalue weighted by molar-refractivity contribution is 0.0472. The predicted octanol–water partition coefficient (Wildman–Crippen LogP) is 3.99. The van der Waals surface area contributed by atoms with Gasteiger partial charge in [-0.1, -0.05) is 28.1 Å². The Bertz CT molecular complexity index is 579. The van der Waals surface area contributed by atoms with Crippen molar-refractivity contribution in [2.45, 2.75) is 6.61 Å². The molecule has 5 heteroatoms. The van der Waals surface area contributed by atoms with E-state index >= 15 is 0 Å². The molecule has 0 unspecified atom stereocenters. The highest BCUT2D eigenvalue weighted by atomic mass is 127. The van der Waals surface area contributed by atoms with Gasteiger partial charge in [-0.15, -0.1) is 0 Å². The molecule has 0 spiro atoms. The summed E-state index contributed by atoms with van der Waals surface area (Å²) in [5.41, 5.74) is 7.60. The van der Waals surface area contributed by atoms with Crippen LogP contribution in [0.4, 0.5) is 5.69 Å². The summed E-state index contributed by atoms with van der Waals surface area (Å²) in [6.45, 7) is 0.252. The predicted molar refractivity (Wildman–Crippen MR) is 86.8 cm³/mol. The largest absolute Gasteiger partial charge is 0.457 e. The first kappa shape index (κ1) is 14.3. The molecule has 0 saturated heterocycles. The quantitative estimate of drug-likeness (QED) is 0.454. The van der Waals surface area contributed by atoms with Crippen molar-refractivity contribution in [1.82, 2.24) is 0 Å². The molecular weight excluding hydrogens is 421 g/mol. The van der Waals surface area contributed by atoms with E-state index in [2.05, 4.69) is 38.5 Å². The average molecular weight is 432 g/mol. The van der Waals surface area contributed by atoms with E-state index in [1.807, 2.05) is 24.3 Å². The van der Waals surface area contributed by atoms with E-state index < -0.39 is 0 Å². The van der Waals surface area contributed by atoms with Crippen LogP contribution in [0.25, 0.3) is 0 Å². The second-order valence-electron chi connectivity index (χ2n) is 3.98. The molecule has 19 heavy (non-hydrogen) atoms. The van der Waals surface area contributed by atoms with Crippen molar-refractivity contribution < 1.29 is 9.53 Å². The summed E-state index contributed by atoms with van der Waals surface area (Å²) >= 11 is 5.52. The van der Waals surface area contributed by atoms with Crippen molar-refractivity contribution in [3.63, 3.8) is 0 Å². The van der Waals surface area contributed by atoms with Crippen LogP contribution in [0.2, 0.25) is 0 Å². The van der Waals surface area contributed by atoms with Crippen LogP contribution in [0, 0.1) is 3.57 Å². The fourth-order valence-electron chi connectivity index (χ4n) is 1.54. The van der Waals surface area contributed by atoms with Crippen LogP contribution in [0.1, 0.15) is 15.9 Å². The monoisotopic (exact) mass is 431 g/mol. The van der Waals surface area contributed by atoms with E-state index in [1.165, 1.54) is 0 Å². The van der Waals surface area contributed by atoms with Crippen molar-refractivity contribution in [3.8, 4) is 0 Å². The van der Waals surface area contributed by atoms with Crippen molar-refractivity contribution in [3.05, 3.63) is 61.6 Å². The first-order valence-electron chi connectivity index (χ1n) is 5.52. The molecule has 2 aromatic carbocycles. The number of halogens is 2. The van der Waals surface area contributed by atoms with Crippen molar-refractivity contribution in [2.75, 3.05) is 5.73 Å². The van der Waals surface area contributed by atoms with Gasteiger partial charge in [-0.05, 0) is 58.5 Å². The molecule has 0 amide bonds. The van der Waals surface area contributed by atoms with Gasteiger partial charge in [0.1, 0.15) is 6.61 Å². The van der Waals surface area contributed by atoms with Gasteiger partial charge in [0, 0.05) is 13.7 Å². The minimum Gasteiger partial charge on any atom is -0.457 e. The Labute approximate surface area is 133 Å². The van der Waals surface area contributed by atoms with Gasteiger partial charge < -0.3 is 10.5 Å². The van der Waals surface area contributed by atoms with Crippen LogP contribution in [0.3, 0.4) is 0 Å². The Balaban J connectivity index is 2.03. The van der Waals surface area contributed by atoms with Gasteiger partial charge in [-0.25, -0.2) is 4.79 Å². The van der Waals surface area contributed by atoms with Gasteiger partial charge in [-0.3, -0.25) is 0 Å². The third kappa shape index (κ3) is 4.21. The molecule has 98 valence electrons. The normalized spacial score (nSPS) is 10.2. The third-order valence-electron chi connectivity index (χ3n) is 2.44. The van der Waals surface area contributed by atoms with E-state index in [9.17, 15) is 4.79 Å². The summed E-state index contributed by atoms with van der Waals surface area (Å²) in [5.74, 6) is -0.383. The maximum absolute atomic E-state index is 11.9. The Hall–Kier alpha value is -1.08. The van der Waals surface area contributed by atoms with Gasteiger partial charge in [0.25, 0.3) is 0 Å². The summed E-state index contributed by atoms with van der Waals surface area (Å²) in [7, 11) is 0. The van der Waals surface area contributed by atoms with Crippen LogP contribution < -0.4 is 5.73 Å². The molecule has 0 aliphatic rings. The number of carbonyl (C=O) groups is 1. The first-order valence-corrected chi connectivity index (χ1v) is 7.39. The first-order chi connectivity index (χ1) is 9.04. The Morgan fingerprint density at radius 3 is 2.53 bits per heavy atom. The number of anilines is 1. The zero-order valence-corrected chi connectivity index (χ0v) is 13.6. The van der Waals surface area contributed by atoms with Crippen molar-refractivity contribution in [1.29, 1.82) is 0 Å². The number of hydrogen-bond acceptors (Lipinski definition) is 3. The fraction of sp³-hybridized carbons (Fsp3) is 0.0714. The molecule has 2 rings (SSSR count). The van der Waals surface area contributed by atoms with E-state index in [-0.39, 0.29) is 12.6 Å². The number of nitrogen functional groups attached to an aromatic ring is 1. The minimum absolute atomic E-state index is 0.252. The zero-order valence-electron chi connectivity index (χ0n) is 9.90. The number of carbonyl (C=O) groups excluding carboxylic acids is 1. The minimum atomic E-state index is -0.383. The Morgan fingerprint density at radius 1 is 1.21 bits per heavy atom. The highest BCUT2D eigenvalue weighted by Gasteiger charge is 2.09. The smallest absolute Gasteiger partial charge is 0.338 e. The Morgan fingerprint density at radius 2 is 1.89 bits per heavy atom. The molecule has 0 atom stereocenters. The second kappa shape index (κ2) is 6.38. The van der Waals surface area contributed by atoms with Crippen LogP contribution >= 0.6 is 38.5 Å². The second-order valence-corrected chi connectivity index (χ2v) is 6.14. The molecule has 0 bridgehead atoms. The summed E-state index contributed by atoms with van der Waals surface area (Å²) in [5, 5.41) is 0. The van der Waals surface area contributed by atoms with Gasteiger partial charge in [0.15, 0.2) is 0 Å². The number of benzene rings is 2. The molecule has 0 aliphatic heterocycles. The summed E-state index contributed by atoms with van der Waals surface area (Å²) in [6.07, 6.45) is 0. The number of hydrogen-bond donors (Lipinski definition) is 1. The number of ether oxygens (including phenoxy) is 1. The highest BCUT2D eigenvalue weighted by Crippen LogP contribution is 2.18. The van der Waals surface area contributed by atoms with E-state index in [0.717, 1.165) is 13.6 Å². The van der Waals surface area contributed by atoms with E-state index in [4.69, 9.17) is 10.5 Å². The molecule has 2 N–H and O–H groups in total. The third-order valence-corrected chi connectivity index (χ3v) is 3.62. The molecule has 0 saturated carbocycles. The lowest BCUT2D eigenvalue weighted by Gasteiger charge is -2.06. The number of rotatable bonds is 3. The summed E-state index contributed by atoms with van der Waals surface area (Å²) in [6, 6.07) is 12.8. The van der Waals surface area contributed by atoms with Crippen LogP contribution in [0.5, 0.6) is 0 Å². The van der Waals surface area contributed by atoms with Crippen LogP contribution in [-0.2, 0) is 11.3 Å². The van der Waals surface area contributed by atoms with Gasteiger partial charge >= 0.3 is 5.97 Å². The summed E-state index contributed by atoms with van der Waals surface area (Å²) in [4.78, 5) is 11.9. The van der Waals surface area contributed by atoms with Crippen molar-refractivity contribution >= 4 is 50.2 Å².